The highest BCUT2D eigenvalue weighted by Crippen LogP contribution is 2.57. The summed E-state index contributed by atoms with van der Waals surface area (Å²) in [4.78, 5) is 14.8. The van der Waals surface area contributed by atoms with E-state index < -0.39 is 0 Å². The van der Waals surface area contributed by atoms with Crippen molar-refractivity contribution in [1.82, 2.24) is 9.97 Å². The van der Waals surface area contributed by atoms with Gasteiger partial charge < -0.3 is 9.80 Å². The second kappa shape index (κ2) is 5.32. The Morgan fingerprint density at radius 1 is 0.679 bits per heavy atom. The number of fused-ring (bicyclic) bond motifs is 6. The largest absolute Gasteiger partial charge is 0.301 e. The van der Waals surface area contributed by atoms with Crippen LogP contribution in [0.25, 0.3) is 11.0 Å². The van der Waals surface area contributed by atoms with E-state index in [1.165, 1.54) is 11.3 Å². The van der Waals surface area contributed by atoms with Crippen LogP contribution < -0.4 is 9.80 Å². The lowest BCUT2D eigenvalue weighted by molar-refractivity contribution is 0.449. The normalized spacial score (nSPS) is 18.9. The van der Waals surface area contributed by atoms with Gasteiger partial charge in [-0.1, -0.05) is 62.4 Å². The quantitative estimate of drug-likeness (QED) is 0.444. The molecule has 0 bridgehead atoms. The van der Waals surface area contributed by atoms with E-state index in [1.807, 2.05) is 24.3 Å². The minimum atomic E-state index is -0.0823. The van der Waals surface area contributed by atoms with Crippen LogP contribution in [0.5, 0.6) is 0 Å². The summed E-state index contributed by atoms with van der Waals surface area (Å²) in [6, 6.07) is 27.3. The maximum absolute atomic E-state index is 5.06. The Kier molecular flexibility index (Phi) is 2.97. The van der Waals surface area contributed by atoms with Crippen LogP contribution in [0, 0.1) is 0 Å². The van der Waals surface area contributed by atoms with Gasteiger partial charge in [-0.05, 0) is 35.9 Å². The minimum Gasteiger partial charge on any atom is -0.301 e. The number of aromatic nitrogens is 2. The second-order valence-corrected chi connectivity index (χ2v) is 8.05. The fourth-order valence-electron chi connectivity index (χ4n) is 4.76. The molecule has 28 heavy (non-hydrogen) atoms. The number of anilines is 4. The van der Waals surface area contributed by atoms with Crippen molar-refractivity contribution < 1.29 is 0 Å². The number of benzene rings is 3. The van der Waals surface area contributed by atoms with Crippen molar-refractivity contribution in [3.8, 4) is 0 Å². The Bertz CT molecular complexity index is 1180. The number of para-hydroxylation sites is 4. The van der Waals surface area contributed by atoms with E-state index in [2.05, 4.69) is 78.2 Å². The van der Waals surface area contributed by atoms with Crippen LogP contribution in [0.1, 0.15) is 19.4 Å². The molecule has 4 nitrogen and oxygen atoms in total. The number of hydrogen-bond acceptors (Lipinski definition) is 4. The highest BCUT2D eigenvalue weighted by atomic mass is 15.5. The topological polar surface area (TPSA) is 32.3 Å². The first-order chi connectivity index (χ1) is 13.7. The van der Waals surface area contributed by atoms with Gasteiger partial charge in [0, 0.05) is 16.8 Å². The average Bonchev–Trinajstić information content (AvgIpc) is 3.18. The molecule has 1 atom stereocenters. The van der Waals surface area contributed by atoms with E-state index in [0.717, 1.165) is 28.4 Å². The first-order valence-electron chi connectivity index (χ1n) is 9.66. The molecule has 1 unspecified atom stereocenters. The Morgan fingerprint density at radius 3 is 1.96 bits per heavy atom. The number of hydrogen-bond donors (Lipinski definition) is 0. The summed E-state index contributed by atoms with van der Waals surface area (Å²) in [6.45, 7) is 4.63. The molecule has 0 amide bonds. The van der Waals surface area contributed by atoms with Crippen molar-refractivity contribution in [3.63, 3.8) is 0 Å². The van der Waals surface area contributed by atoms with Crippen LogP contribution in [0.3, 0.4) is 0 Å². The molecule has 2 aliphatic heterocycles. The predicted molar refractivity (Wildman–Crippen MR) is 114 cm³/mol. The summed E-state index contributed by atoms with van der Waals surface area (Å²) in [5.41, 5.74) is 5.48. The van der Waals surface area contributed by atoms with Crippen molar-refractivity contribution >= 4 is 34.0 Å². The third-order valence-corrected chi connectivity index (χ3v) is 6.02. The first-order valence-corrected chi connectivity index (χ1v) is 9.66. The molecule has 0 saturated heterocycles. The summed E-state index contributed by atoms with van der Waals surface area (Å²) in [5.74, 6) is 1.86. The van der Waals surface area contributed by atoms with Crippen LogP contribution >= 0.6 is 0 Å². The smallest absolute Gasteiger partial charge is 0.179 e. The summed E-state index contributed by atoms with van der Waals surface area (Å²) < 4.78 is 0. The molecule has 4 aromatic rings. The molecule has 0 N–H and O–H groups in total. The van der Waals surface area contributed by atoms with Gasteiger partial charge in [-0.3, -0.25) is 0 Å². The molecule has 0 spiro atoms. The van der Waals surface area contributed by atoms with Crippen LogP contribution in [-0.2, 0) is 5.41 Å². The molecule has 0 radical (unpaired) electrons. The Labute approximate surface area is 164 Å². The van der Waals surface area contributed by atoms with Crippen LogP contribution in [-0.4, -0.2) is 16.1 Å². The van der Waals surface area contributed by atoms with Gasteiger partial charge in [-0.25, -0.2) is 9.97 Å². The Hall–Kier alpha value is -3.40. The lowest BCUT2D eigenvalue weighted by Gasteiger charge is -2.36. The molecule has 1 aromatic heterocycles. The molecule has 4 heteroatoms. The molecule has 136 valence electrons. The van der Waals surface area contributed by atoms with Gasteiger partial charge in [-0.15, -0.1) is 0 Å². The maximum Gasteiger partial charge on any atom is 0.179 e. The van der Waals surface area contributed by atoms with Crippen molar-refractivity contribution in [2.24, 2.45) is 0 Å². The average molecular weight is 364 g/mol. The molecule has 0 saturated carbocycles. The van der Waals surface area contributed by atoms with Crippen LogP contribution in [0.4, 0.5) is 23.0 Å². The van der Waals surface area contributed by atoms with Crippen LogP contribution in [0.15, 0.2) is 78.9 Å². The first kappa shape index (κ1) is 15.6. The van der Waals surface area contributed by atoms with Crippen molar-refractivity contribution in [2.75, 3.05) is 9.80 Å². The van der Waals surface area contributed by atoms with Gasteiger partial charge in [0.25, 0.3) is 0 Å². The van der Waals surface area contributed by atoms with Gasteiger partial charge in [0.2, 0.25) is 0 Å². The fourth-order valence-corrected chi connectivity index (χ4v) is 4.76. The van der Waals surface area contributed by atoms with Crippen molar-refractivity contribution in [1.29, 1.82) is 0 Å². The SMILES string of the molecule is CC1(C)c2ccccc2N2c3nc4ccccc4nc3N(c3ccccc3)C21. The summed E-state index contributed by atoms with van der Waals surface area (Å²) in [5, 5.41) is 0. The van der Waals surface area contributed by atoms with Gasteiger partial charge in [0.05, 0.1) is 11.0 Å². The fraction of sp³-hybridized carbons (Fsp3) is 0.167. The summed E-state index contributed by atoms with van der Waals surface area (Å²) in [7, 11) is 0. The van der Waals surface area contributed by atoms with E-state index >= 15 is 0 Å². The highest BCUT2D eigenvalue weighted by Gasteiger charge is 2.54. The Morgan fingerprint density at radius 2 is 1.25 bits per heavy atom. The zero-order valence-corrected chi connectivity index (χ0v) is 15.9. The number of rotatable bonds is 1. The van der Waals surface area contributed by atoms with Gasteiger partial charge in [-0.2, -0.15) is 0 Å². The third-order valence-electron chi connectivity index (χ3n) is 6.02. The summed E-state index contributed by atoms with van der Waals surface area (Å²) >= 11 is 0. The lowest BCUT2D eigenvalue weighted by Crippen LogP contribution is -2.46. The molecule has 3 heterocycles. The Balaban J connectivity index is 1.69. The standard InChI is InChI=1S/C24H20N4/c1-24(2)17-12-6-9-15-20(17)28-22-21(25-18-13-7-8-14-19(18)26-22)27(23(24)28)16-10-4-3-5-11-16/h3-15,23H,1-2H3. The predicted octanol–water partition coefficient (Wildman–Crippen LogP) is 5.54. The van der Waals surface area contributed by atoms with Gasteiger partial charge in [0.1, 0.15) is 6.17 Å². The lowest BCUT2D eigenvalue weighted by atomic mass is 9.83. The van der Waals surface area contributed by atoms with Crippen molar-refractivity contribution in [2.45, 2.75) is 25.4 Å². The molecular weight excluding hydrogens is 344 g/mol. The van der Waals surface area contributed by atoms with E-state index in [0.29, 0.717) is 0 Å². The van der Waals surface area contributed by atoms with Crippen LogP contribution in [0.2, 0.25) is 0 Å². The van der Waals surface area contributed by atoms with E-state index in [9.17, 15) is 0 Å². The van der Waals surface area contributed by atoms with Gasteiger partial charge in [0.15, 0.2) is 11.6 Å². The van der Waals surface area contributed by atoms with Crippen molar-refractivity contribution in [3.05, 3.63) is 84.4 Å². The molecule has 0 aliphatic carbocycles. The third kappa shape index (κ3) is 1.89. The molecular formula is C24H20N4. The number of nitrogens with zero attached hydrogens (tertiary/aromatic N) is 4. The highest BCUT2D eigenvalue weighted by molar-refractivity contribution is 5.92. The van der Waals surface area contributed by atoms with E-state index in [4.69, 9.17) is 9.97 Å². The molecule has 6 rings (SSSR count). The second-order valence-electron chi connectivity index (χ2n) is 8.05. The monoisotopic (exact) mass is 364 g/mol. The molecule has 0 fully saturated rings. The zero-order chi connectivity index (χ0) is 18.9. The van der Waals surface area contributed by atoms with Gasteiger partial charge >= 0.3 is 0 Å². The molecule has 2 aliphatic rings. The summed E-state index contributed by atoms with van der Waals surface area (Å²) in [6.07, 6.45) is 0.0964. The van der Waals surface area contributed by atoms with E-state index in [1.54, 1.807) is 0 Å². The van der Waals surface area contributed by atoms with E-state index in [-0.39, 0.29) is 11.6 Å². The zero-order valence-electron chi connectivity index (χ0n) is 15.9. The minimum absolute atomic E-state index is 0.0823. The molecule has 3 aromatic carbocycles. The maximum atomic E-state index is 5.06.